The van der Waals surface area contributed by atoms with Crippen LogP contribution >= 0.6 is 11.6 Å². The number of pyridine rings is 1. The summed E-state index contributed by atoms with van der Waals surface area (Å²) in [5.74, 6) is -0.314. The third-order valence-corrected chi connectivity index (χ3v) is 4.29. The molecule has 0 unspecified atom stereocenters. The molecular weight excluding hydrogens is 338 g/mol. The summed E-state index contributed by atoms with van der Waals surface area (Å²) in [7, 11) is 0. The highest BCUT2D eigenvalue weighted by Gasteiger charge is 2.14. The second-order valence-corrected chi connectivity index (χ2v) is 6.13. The molecule has 2 aromatic carbocycles. The Balaban J connectivity index is 1.55. The van der Waals surface area contributed by atoms with Gasteiger partial charge in [0, 0.05) is 22.7 Å². The van der Waals surface area contributed by atoms with E-state index in [0.29, 0.717) is 5.15 Å². The topological polar surface area (TPSA) is 52.3 Å². The van der Waals surface area contributed by atoms with E-state index in [0.717, 1.165) is 32.9 Å². The van der Waals surface area contributed by atoms with Gasteiger partial charge in [-0.2, -0.15) is 0 Å². The maximum absolute atomic E-state index is 12.2. The monoisotopic (exact) mass is 351 g/mol. The number of furan rings is 1. The van der Waals surface area contributed by atoms with Crippen LogP contribution in [0.2, 0.25) is 5.15 Å². The molecular formula is C20H14ClNO3. The fourth-order valence-electron chi connectivity index (χ4n) is 2.87. The largest absolute Gasteiger partial charge is 0.464 e. The van der Waals surface area contributed by atoms with Gasteiger partial charge in [-0.1, -0.05) is 48.0 Å². The number of benzene rings is 2. The van der Waals surface area contributed by atoms with Crippen molar-refractivity contribution in [2.45, 2.75) is 13.0 Å². The predicted octanol–water partition coefficient (Wildman–Crippen LogP) is 4.92. The molecule has 0 N–H and O–H groups in total. The van der Waals surface area contributed by atoms with Crippen molar-refractivity contribution in [2.75, 3.05) is 0 Å². The number of hydrogen-bond donors (Lipinski definition) is 0. The van der Waals surface area contributed by atoms with E-state index in [1.165, 1.54) is 0 Å². The van der Waals surface area contributed by atoms with Gasteiger partial charge in [0.05, 0.1) is 12.7 Å². The van der Waals surface area contributed by atoms with Crippen LogP contribution in [0.15, 0.2) is 65.4 Å². The van der Waals surface area contributed by atoms with Crippen LogP contribution in [-0.4, -0.2) is 11.0 Å². The molecule has 0 aliphatic rings. The first-order chi connectivity index (χ1) is 12.2. The molecule has 2 aromatic heterocycles. The van der Waals surface area contributed by atoms with Crippen LogP contribution in [-0.2, 0) is 22.6 Å². The van der Waals surface area contributed by atoms with Gasteiger partial charge in [0.25, 0.3) is 0 Å². The van der Waals surface area contributed by atoms with Crippen LogP contribution < -0.4 is 0 Å². The molecule has 0 spiro atoms. The van der Waals surface area contributed by atoms with Crippen molar-refractivity contribution in [1.82, 2.24) is 4.98 Å². The van der Waals surface area contributed by atoms with Gasteiger partial charge >= 0.3 is 5.97 Å². The smallest absolute Gasteiger partial charge is 0.310 e. The zero-order chi connectivity index (χ0) is 17.2. The Kier molecular flexibility index (Phi) is 4.12. The van der Waals surface area contributed by atoms with E-state index in [4.69, 9.17) is 20.8 Å². The standard InChI is InChI=1S/C20H14ClNO3/c21-18-8-5-13(10-22-18)11-25-19(23)9-15-12-24-17-7-6-14-3-1-2-4-16(14)20(15)17/h1-8,10,12H,9,11H2. The molecule has 0 amide bonds. The maximum Gasteiger partial charge on any atom is 0.310 e. The molecule has 124 valence electrons. The first-order valence-electron chi connectivity index (χ1n) is 7.84. The van der Waals surface area contributed by atoms with Crippen LogP contribution in [0.25, 0.3) is 21.7 Å². The lowest BCUT2D eigenvalue weighted by Crippen LogP contribution is -2.07. The van der Waals surface area contributed by atoms with Crippen molar-refractivity contribution in [3.05, 3.63) is 77.3 Å². The zero-order valence-corrected chi connectivity index (χ0v) is 14.0. The molecule has 25 heavy (non-hydrogen) atoms. The van der Waals surface area contributed by atoms with Crippen molar-refractivity contribution in [2.24, 2.45) is 0 Å². The van der Waals surface area contributed by atoms with Crippen LogP contribution in [0.3, 0.4) is 0 Å². The molecule has 0 aliphatic heterocycles. The molecule has 0 saturated carbocycles. The van der Waals surface area contributed by atoms with E-state index in [1.807, 2.05) is 36.4 Å². The Hall–Kier alpha value is -2.85. The van der Waals surface area contributed by atoms with Gasteiger partial charge in [-0.25, -0.2) is 4.98 Å². The average molecular weight is 352 g/mol. The second kappa shape index (κ2) is 6.57. The Bertz CT molecular complexity index is 1050. The number of carbonyl (C=O) groups excluding carboxylic acids is 1. The summed E-state index contributed by atoms with van der Waals surface area (Å²) >= 11 is 5.74. The average Bonchev–Trinajstić information content (AvgIpc) is 3.04. The van der Waals surface area contributed by atoms with Gasteiger partial charge in [-0.3, -0.25) is 4.79 Å². The summed E-state index contributed by atoms with van der Waals surface area (Å²) in [5, 5.41) is 3.55. The number of esters is 1. The first kappa shape index (κ1) is 15.7. The second-order valence-electron chi connectivity index (χ2n) is 5.75. The Morgan fingerprint density at radius 2 is 2.00 bits per heavy atom. The fraction of sp³-hybridized carbons (Fsp3) is 0.100. The normalized spacial score (nSPS) is 11.1. The van der Waals surface area contributed by atoms with Crippen molar-refractivity contribution >= 4 is 39.3 Å². The molecule has 0 saturated heterocycles. The summed E-state index contributed by atoms with van der Waals surface area (Å²) in [6.07, 6.45) is 3.38. The van der Waals surface area contributed by atoms with Crippen LogP contribution in [0, 0.1) is 0 Å². The summed E-state index contributed by atoms with van der Waals surface area (Å²) in [6.45, 7) is 0.166. The molecule has 0 atom stereocenters. The number of rotatable bonds is 4. The van der Waals surface area contributed by atoms with Gasteiger partial charge in [0.1, 0.15) is 17.3 Å². The number of hydrogen-bond acceptors (Lipinski definition) is 4. The van der Waals surface area contributed by atoms with E-state index in [-0.39, 0.29) is 19.0 Å². The lowest BCUT2D eigenvalue weighted by molar-refractivity contribution is -0.144. The number of halogens is 1. The van der Waals surface area contributed by atoms with Crippen molar-refractivity contribution < 1.29 is 13.9 Å². The van der Waals surface area contributed by atoms with Crippen LogP contribution in [0.5, 0.6) is 0 Å². The summed E-state index contributed by atoms with van der Waals surface area (Å²) in [6, 6.07) is 15.4. The zero-order valence-electron chi connectivity index (χ0n) is 13.2. The molecule has 0 radical (unpaired) electrons. The number of carbonyl (C=O) groups is 1. The van der Waals surface area contributed by atoms with Gasteiger partial charge in [-0.05, 0) is 22.9 Å². The molecule has 4 rings (SSSR count). The highest BCUT2D eigenvalue weighted by molar-refractivity contribution is 6.29. The molecule has 0 fully saturated rings. The molecule has 0 bridgehead atoms. The van der Waals surface area contributed by atoms with E-state index in [2.05, 4.69) is 4.98 Å². The molecule has 0 aliphatic carbocycles. The molecule has 2 heterocycles. The van der Waals surface area contributed by atoms with E-state index in [9.17, 15) is 4.79 Å². The summed E-state index contributed by atoms with van der Waals surface area (Å²) in [5.41, 5.74) is 2.38. The quantitative estimate of drug-likeness (QED) is 0.387. The lowest BCUT2D eigenvalue weighted by Gasteiger charge is -2.05. The van der Waals surface area contributed by atoms with Gasteiger partial charge < -0.3 is 9.15 Å². The van der Waals surface area contributed by atoms with Gasteiger partial charge in [0.15, 0.2) is 0 Å². The minimum atomic E-state index is -0.314. The van der Waals surface area contributed by atoms with Crippen LogP contribution in [0.4, 0.5) is 0 Å². The Morgan fingerprint density at radius 3 is 2.84 bits per heavy atom. The molecule has 4 aromatic rings. The third-order valence-electron chi connectivity index (χ3n) is 4.06. The number of fused-ring (bicyclic) bond motifs is 3. The predicted molar refractivity (Wildman–Crippen MR) is 96.5 cm³/mol. The minimum Gasteiger partial charge on any atom is -0.464 e. The minimum absolute atomic E-state index is 0.155. The Labute approximate surface area is 149 Å². The number of aromatic nitrogens is 1. The van der Waals surface area contributed by atoms with E-state index in [1.54, 1.807) is 24.6 Å². The third kappa shape index (κ3) is 3.21. The van der Waals surface area contributed by atoms with Crippen molar-refractivity contribution in [3.8, 4) is 0 Å². The first-order valence-corrected chi connectivity index (χ1v) is 8.22. The number of ether oxygens (including phenoxy) is 1. The summed E-state index contributed by atoms with van der Waals surface area (Å²) in [4.78, 5) is 16.2. The van der Waals surface area contributed by atoms with Crippen molar-refractivity contribution in [1.29, 1.82) is 0 Å². The molecule has 4 nitrogen and oxygen atoms in total. The SMILES string of the molecule is O=C(Cc1coc2ccc3ccccc3c12)OCc1ccc(Cl)nc1. The van der Waals surface area contributed by atoms with Gasteiger partial charge in [-0.15, -0.1) is 0 Å². The van der Waals surface area contributed by atoms with Crippen LogP contribution in [0.1, 0.15) is 11.1 Å². The Morgan fingerprint density at radius 1 is 1.12 bits per heavy atom. The molecule has 5 heteroatoms. The van der Waals surface area contributed by atoms with E-state index >= 15 is 0 Å². The lowest BCUT2D eigenvalue weighted by atomic mass is 10.0. The maximum atomic E-state index is 12.2. The van der Waals surface area contributed by atoms with E-state index < -0.39 is 0 Å². The van der Waals surface area contributed by atoms with Crippen molar-refractivity contribution in [3.63, 3.8) is 0 Å². The summed E-state index contributed by atoms with van der Waals surface area (Å²) < 4.78 is 10.9. The highest BCUT2D eigenvalue weighted by atomic mass is 35.5. The fourth-order valence-corrected chi connectivity index (χ4v) is 2.98. The van der Waals surface area contributed by atoms with Gasteiger partial charge in [0.2, 0.25) is 0 Å². The number of nitrogens with zero attached hydrogens (tertiary/aromatic N) is 1. The highest BCUT2D eigenvalue weighted by Crippen LogP contribution is 2.30.